The van der Waals surface area contributed by atoms with Crippen LogP contribution < -0.4 is 10.1 Å². The zero-order valence-electron chi connectivity index (χ0n) is 12.6. The van der Waals surface area contributed by atoms with E-state index in [4.69, 9.17) is 4.74 Å². The molecule has 0 amide bonds. The molecule has 3 heterocycles. The molecule has 0 unspecified atom stereocenters. The maximum Gasteiger partial charge on any atom is 0.138 e. The minimum Gasteiger partial charge on any atom is -0.493 e. The first-order chi connectivity index (χ1) is 10.7. The molecule has 1 aliphatic heterocycles. The fourth-order valence-electron chi connectivity index (χ4n) is 2.95. The van der Waals surface area contributed by atoms with Gasteiger partial charge < -0.3 is 10.1 Å². The van der Waals surface area contributed by atoms with Crippen molar-refractivity contribution in [2.24, 2.45) is 0 Å². The van der Waals surface area contributed by atoms with Gasteiger partial charge >= 0.3 is 0 Å². The largest absolute Gasteiger partial charge is 0.493 e. The Morgan fingerprint density at radius 3 is 3.00 bits per heavy atom. The Morgan fingerprint density at radius 2 is 2.09 bits per heavy atom. The minimum atomic E-state index is 0.225. The predicted octanol–water partition coefficient (Wildman–Crippen LogP) is 4.24. The van der Waals surface area contributed by atoms with Crippen molar-refractivity contribution in [1.29, 1.82) is 0 Å². The van der Waals surface area contributed by atoms with Crippen molar-refractivity contribution in [2.45, 2.75) is 26.3 Å². The Morgan fingerprint density at radius 1 is 1.23 bits per heavy atom. The average Bonchev–Trinajstić information content (AvgIpc) is 2.83. The number of nitrogens with zero attached hydrogens (tertiary/aromatic N) is 2. The van der Waals surface area contributed by atoms with Crippen LogP contribution >= 0.6 is 11.3 Å². The minimum absolute atomic E-state index is 0.225. The Labute approximate surface area is 133 Å². The molecule has 22 heavy (non-hydrogen) atoms. The summed E-state index contributed by atoms with van der Waals surface area (Å²) in [6.45, 7) is 5.00. The Kier molecular flexibility index (Phi) is 3.22. The fraction of sp³-hybridized carbons (Fsp3) is 0.294. The number of nitrogens with one attached hydrogen (secondary N) is 1. The first-order valence-corrected chi connectivity index (χ1v) is 8.24. The molecule has 4 nitrogen and oxygen atoms in total. The third kappa shape index (κ3) is 2.13. The first-order valence-electron chi connectivity index (χ1n) is 7.43. The van der Waals surface area contributed by atoms with Crippen LogP contribution in [-0.4, -0.2) is 16.6 Å². The van der Waals surface area contributed by atoms with Crippen LogP contribution in [0.25, 0.3) is 10.2 Å². The van der Waals surface area contributed by atoms with Crippen LogP contribution in [0.4, 0.5) is 5.82 Å². The highest BCUT2D eigenvalue weighted by molar-refractivity contribution is 7.18. The van der Waals surface area contributed by atoms with Gasteiger partial charge in [0.05, 0.1) is 18.0 Å². The molecular weight excluding hydrogens is 294 g/mol. The third-order valence-corrected chi connectivity index (χ3v) is 5.35. The zero-order valence-corrected chi connectivity index (χ0v) is 13.4. The van der Waals surface area contributed by atoms with E-state index in [1.807, 2.05) is 12.1 Å². The Balaban J connectivity index is 1.76. The lowest BCUT2D eigenvalue weighted by Crippen LogP contribution is -2.20. The number of ether oxygens (including phenoxy) is 1. The van der Waals surface area contributed by atoms with E-state index < -0.39 is 0 Å². The van der Waals surface area contributed by atoms with Crippen molar-refractivity contribution in [2.75, 3.05) is 11.9 Å². The second-order valence-electron chi connectivity index (χ2n) is 5.56. The van der Waals surface area contributed by atoms with Crippen molar-refractivity contribution in [3.05, 3.63) is 46.6 Å². The molecule has 0 fully saturated rings. The van der Waals surface area contributed by atoms with Crippen LogP contribution in [0, 0.1) is 13.8 Å². The SMILES string of the molecule is Cc1sc2ncnc(N[C@H]3CCOc4ccccc43)c2c1C. The molecular formula is C17H17N3OS. The summed E-state index contributed by atoms with van der Waals surface area (Å²) >= 11 is 1.72. The summed E-state index contributed by atoms with van der Waals surface area (Å²) in [4.78, 5) is 11.2. The number of hydrogen-bond acceptors (Lipinski definition) is 5. The second kappa shape index (κ2) is 5.25. The number of benzene rings is 1. The highest BCUT2D eigenvalue weighted by Gasteiger charge is 2.22. The van der Waals surface area contributed by atoms with Crippen LogP contribution in [0.5, 0.6) is 5.75 Å². The van der Waals surface area contributed by atoms with E-state index in [2.05, 4.69) is 41.3 Å². The Bertz CT molecular complexity index is 843. The molecule has 0 bridgehead atoms. The van der Waals surface area contributed by atoms with Crippen molar-refractivity contribution >= 4 is 27.4 Å². The lowest BCUT2D eigenvalue weighted by atomic mass is 10.0. The van der Waals surface area contributed by atoms with Gasteiger partial charge in [0, 0.05) is 16.9 Å². The molecule has 112 valence electrons. The summed E-state index contributed by atoms with van der Waals surface area (Å²) < 4.78 is 5.74. The van der Waals surface area contributed by atoms with E-state index in [1.165, 1.54) is 16.0 Å². The van der Waals surface area contributed by atoms with Crippen LogP contribution in [0.15, 0.2) is 30.6 Å². The van der Waals surface area contributed by atoms with Crippen molar-refractivity contribution in [1.82, 2.24) is 9.97 Å². The number of rotatable bonds is 2. The molecule has 2 aromatic heterocycles. The maximum absolute atomic E-state index is 5.74. The highest BCUT2D eigenvalue weighted by atomic mass is 32.1. The number of para-hydroxylation sites is 1. The molecule has 5 heteroatoms. The first kappa shape index (κ1) is 13.5. The summed E-state index contributed by atoms with van der Waals surface area (Å²) in [5, 5.41) is 4.76. The van der Waals surface area contributed by atoms with Crippen molar-refractivity contribution in [3.63, 3.8) is 0 Å². The smallest absolute Gasteiger partial charge is 0.138 e. The number of thiophene rings is 1. The summed E-state index contributed by atoms with van der Waals surface area (Å²) in [7, 11) is 0. The number of anilines is 1. The van der Waals surface area contributed by atoms with E-state index in [0.29, 0.717) is 0 Å². The van der Waals surface area contributed by atoms with Crippen molar-refractivity contribution < 1.29 is 4.74 Å². The maximum atomic E-state index is 5.74. The third-order valence-electron chi connectivity index (χ3n) is 4.23. The molecule has 1 atom stereocenters. The van der Waals surface area contributed by atoms with E-state index in [9.17, 15) is 0 Å². The standard InChI is InChI=1S/C17H17N3OS/c1-10-11(2)22-17-15(10)16(18-9-19-17)20-13-7-8-21-14-6-4-3-5-12(13)14/h3-6,9,13H,7-8H2,1-2H3,(H,18,19,20)/t13-/m0/s1. The van der Waals surface area contributed by atoms with Gasteiger partial charge in [0.1, 0.15) is 22.7 Å². The number of aryl methyl sites for hydroxylation is 2. The molecule has 0 saturated carbocycles. The van der Waals surface area contributed by atoms with Gasteiger partial charge in [0.15, 0.2) is 0 Å². The molecule has 0 saturated heterocycles. The molecule has 1 N–H and O–H groups in total. The van der Waals surface area contributed by atoms with Crippen LogP contribution in [0.3, 0.4) is 0 Å². The van der Waals surface area contributed by atoms with Gasteiger partial charge in [0.2, 0.25) is 0 Å². The lowest BCUT2D eigenvalue weighted by molar-refractivity contribution is 0.274. The van der Waals surface area contributed by atoms with Gasteiger partial charge in [-0.05, 0) is 25.5 Å². The topological polar surface area (TPSA) is 47.0 Å². The van der Waals surface area contributed by atoms with Crippen molar-refractivity contribution in [3.8, 4) is 5.75 Å². The average molecular weight is 311 g/mol. The van der Waals surface area contributed by atoms with Gasteiger partial charge in [-0.25, -0.2) is 9.97 Å². The number of aromatic nitrogens is 2. The lowest BCUT2D eigenvalue weighted by Gasteiger charge is -2.27. The second-order valence-corrected chi connectivity index (χ2v) is 6.76. The summed E-state index contributed by atoms with van der Waals surface area (Å²) in [5.41, 5.74) is 2.47. The molecule has 0 aliphatic carbocycles. The van der Waals surface area contributed by atoms with E-state index >= 15 is 0 Å². The summed E-state index contributed by atoms with van der Waals surface area (Å²) in [5.74, 6) is 1.89. The van der Waals surface area contributed by atoms with Crippen LogP contribution in [0.1, 0.15) is 28.5 Å². The number of fused-ring (bicyclic) bond motifs is 2. The number of hydrogen-bond donors (Lipinski definition) is 1. The van der Waals surface area contributed by atoms with Gasteiger partial charge in [0.25, 0.3) is 0 Å². The van der Waals surface area contributed by atoms with E-state index in [-0.39, 0.29) is 6.04 Å². The van der Waals surface area contributed by atoms with Crippen LogP contribution in [0.2, 0.25) is 0 Å². The summed E-state index contributed by atoms with van der Waals surface area (Å²) in [6, 6.07) is 8.44. The predicted molar refractivity (Wildman–Crippen MR) is 89.8 cm³/mol. The molecule has 0 radical (unpaired) electrons. The molecule has 0 spiro atoms. The molecule has 4 rings (SSSR count). The summed E-state index contributed by atoms with van der Waals surface area (Å²) in [6.07, 6.45) is 2.58. The van der Waals surface area contributed by atoms with E-state index in [0.717, 1.165) is 34.8 Å². The van der Waals surface area contributed by atoms with Gasteiger partial charge in [-0.3, -0.25) is 0 Å². The van der Waals surface area contributed by atoms with Gasteiger partial charge in [-0.1, -0.05) is 18.2 Å². The molecule has 1 aliphatic rings. The van der Waals surface area contributed by atoms with E-state index in [1.54, 1.807) is 17.7 Å². The van der Waals surface area contributed by atoms with Gasteiger partial charge in [-0.2, -0.15) is 0 Å². The molecule has 3 aromatic rings. The fourth-order valence-corrected chi connectivity index (χ4v) is 3.95. The van der Waals surface area contributed by atoms with Gasteiger partial charge in [-0.15, -0.1) is 11.3 Å². The normalized spacial score (nSPS) is 17.1. The monoisotopic (exact) mass is 311 g/mol. The van der Waals surface area contributed by atoms with Crippen LogP contribution in [-0.2, 0) is 0 Å². The highest BCUT2D eigenvalue weighted by Crippen LogP contribution is 2.37. The zero-order chi connectivity index (χ0) is 15.1. The quantitative estimate of drug-likeness (QED) is 0.769. The Hall–Kier alpha value is -2.14. The molecule has 1 aromatic carbocycles.